The molecular weight excluding hydrogens is 260 g/mol. The first kappa shape index (κ1) is 12.3. The van der Waals surface area contributed by atoms with Crippen molar-refractivity contribution in [3.8, 4) is 5.69 Å². The molecule has 8 nitrogen and oxygen atoms in total. The molecule has 1 N–H and O–H groups in total. The zero-order valence-electron chi connectivity index (χ0n) is 10.9. The minimum atomic E-state index is -0.515. The van der Waals surface area contributed by atoms with Crippen LogP contribution in [0.4, 0.5) is 10.5 Å². The molecule has 1 aromatic carbocycles. The number of anilines is 1. The Morgan fingerprint density at radius 1 is 1.30 bits per heavy atom. The fourth-order valence-electron chi connectivity index (χ4n) is 2.09. The lowest BCUT2D eigenvalue weighted by atomic mass is 10.1. The van der Waals surface area contributed by atoms with Crippen LogP contribution >= 0.6 is 0 Å². The maximum Gasteiger partial charge on any atom is 0.329 e. The van der Waals surface area contributed by atoms with Crippen molar-refractivity contribution in [2.75, 3.05) is 4.90 Å². The van der Waals surface area contributed by atoms with Gasteiger partial charge in [-0.2, -0.15) is 0 Å². The molecule has 8 heteroatoms. The van der Waals surface area contributed by atoms with Crippen LogP contribution in [0.1, 0.15) is 12.5 Å². The lowest BCUT2D eigenvalue weighted by Crippen LogP contribution is -2.31. The third-order valence-corrected chi connectivity index (χ3v) is 3.18. The van der Waals surface area contributed by atoms with Crippen molar-refractivity contribution in [2.24, 2.45) is 0 Å². The summed E-state index contributed by atoms with van der Waals surface area (Å²) >= 11 is 0. The Balaban J connectivity index is 2.07. The number of benzene rings is 1. The van der Waals surface area contributed by atoms with E-state index in [0.717, 1.165) is 10.5 Å². The van der Waals surface area contributed by atoms with Crippen LogP contribution in [0.3, 0.4) is 0 Å². The number of hydrogen-bond donors (Lipinski definition) is 1. The van der Waals surface area contributed by atoms with Gasteiger partial charge in [0.15, 0.2) is 0 Å². The smallest absolute Gasteiger partial charge is 0.326 e. The van der Waals surface area contributed by atoms with Gasteiger partial charge in [-0.15, -0.1) is 5.10 Å². The van der Waals surface area contributed by atoms with Crippen molar-refractivity contribution in [1.29, 1.82) is 0 Å². The highest BCUT2D eigenvalue weighted by Gasteiger charge is 2.36. The van der Waals surface area contributed by atoms with Gasteiger partial charge in [-0.25, -0.2) is 14.4 Å². The Kier molecular flexibility index (Phi) is 2.70. The summed E-state index contributed by atoms with van der Waals surface area (Å²) in [7, 11) is 0. The van der Waals surface area contributed by atoms with Gasteiger partial charge in [-0.3, -0.25) is 4.79 Å². The Labute approximate surface area is 114 Å². The quantitative estimate of drug-likeness (QED) is 0.799. The van der Waals surface area contributed by atoms with E-state index < -0.39 is 12.1 Å². The maximum absolute atomic E-state index is 12.1. The molecule has 0 aliphatic carbocycles. The van der Waals surface area contributed by atoms with Gasteiger partial charge in [0.05, 0.1) is 11.4 Å². The van der Waals surface area contributed by atoms with Crippen LogP contribution < -0.4 is 10.2 Å². The molecule has 1 aliphatic rings. The molecule has 0 radical (unpaired) electrons. The third kappa shape index (κ3) is 1.81. The average Bonchev–Trinajstić information content (AvgIpc) is 3.02. The zero-order chi connectivity index (χ0) is 14.3. The normalized spacial score (nSPS) is 18.5. The van der Waals surface area contributed by atoms with Crippen molar-refractivity contribution in [3.05, 3.63) is 30.1 Å². The second kappa shape index (κ2) is 4.41. The molecule has 20 heavy (non-hydrogen) atoms. The lowest BCUT2D eigenvalue weighted by Gasteiger charge is -2.16. The van der Waals surface area contributed by atoms with E-state index in [4.69, 9.17) is 0 Å². The fraction of sp³-hybridized carbons (Fsp3) is 0.250. The number of carbonyl (C=O) groups is 2. The molecule has 1 saturated heterocycles. The number of imide groups is 1. The molecule has 1 aromatic heterocycles. The predicted octanol–water partition coefficient (Wildman–Crippen LogP) is 0.415. The number of urea groups is 1. The van der Waals surface area contributed by atoms with E-state index >= 15 is 0 Å². The van der Waals surface area contributed by atoms with Gasteiger partial charge in [0.2, 0.25) is 0 Å². The summed E-state index contributed by atoms with van der Waals surface area (Å²) in [6.07, 6.45) is 1.45. The van der Waals surface area contributed by atoms with Crippen molar-refractivity contribution < 1.29 is 9.59 Å². The van der Waals surface area contributed by atoms with E-state index in [1.165, 1.54) is 11.0 Å². The average molecular weight is 272 g/mol. The van der Waals surface area contributed by atoms with E-state index in [9.17, 15) is 9.59 Å². The van der Waals surface area contributed by atoms with Crippen LogP contribution in [0.5, 0.6) is 0 Å². The molecule has 2 heterocycles. The molecule has 2 aromatic rings. The number of aromatic nitrogens is 4. The Bertz CT molecular complexity index is 681. The molecule has 3 rings (SSSR count). The highest BCUT2D eigenvalue weighted by Crippen LogP contribution is 2.26. The van der Waals surface area contributed by atoms with Crippen LogP contribution in [0, 0.1) is 6.92 Å². The van der Waals surface area contributed by atoms with Gasteiger partial charge in [0, 0.05) is 0 Å². The fourth-order valence-corrected chi connectivity index (χ4v) is 2.09. The molecule has 102 valence electrons. The summed E-state index contributed by atoms with van der Waals surface area (Å²) in [4.78, 5) is 25.1. The largest absolute Gasteiger partial charge is 0.329 e. The summed E-state index contributed by atoms with van der Waals surface area (Å²) < 4.78 is 1.46. The molecule has 1 atom stereocenters. The van der Waals surface area contributed by atoms with Gasteiger partial charge in [0.1, 0.15) is 12.4 Å². The van der Waals surface area contributed by atoms with Crippen LogP contribution in [0.15, 0.2) is 24.5 Å². The Morgan fingerprint density at radius 3 is 2.70 bits per heavy atom. The Hall–Kier alpha value is -2.77. The second-order valence-electron chi connectivity index (χ2n) is 4.57. The minimum absolute atomic E-state index is 0.271. The molecule has 3 amide bonds. The highest BCUT2D eigenvalue weighted by atomic mass is 16.2. The van der Waals surface area contributed by atoms with Crippen LogP contribution in [-0.2, 0) is 4.79 Å². The first-order valence-corrected chi connectivity index (χ1v) is 6.06. The molecule has 1 fully saturated rings. The van der Waals surface area contributed by atoms with Gasteiger partial charge < -0.3 is 5.32 Å². The Morgan fingerprint density at radius 2 is 2.10 bits per heavy atom. The number of rotatable bonds is 2. The molecule has 0 saturated carbocycles. The van der Waals surface area contributed by atoms with E-state index in [-0.39, 0.29) is 5.91 Å². The number of hydrogen-bond acceptors (Lipinski definition) is 5. The van der Waals surface area contributed by atoms with E-state index in [0.29, 0.717) is 11.4 Å². The number of aryl methyl sites for hydroxylation is 1. The van der Waals surface area contributed by atoms with Crippen LogP contribution in [-0.4, -0.2) is 38.2 Å². The molecule has 0 spiro atoms. The first-order valence-electron chi connectivity index (χ1n) is 6.06. The topological polar surface area (TPSA) is 93.0 Å². The summed E-state index contributed by atoms with van der Waals surface area (Å²) in [6, 6.07) is 4.41. The van der Waals surface area contributed by atoms with Crippen molar-refractivity contribution in [1.82, 2.24) is 25.5 Å². The number of nitrogens with zero attached hydrogens (tertiary/aromatic N) is 5. The lowest BCUT2D eigenvalue weighted by molar-refractivity contribution is -0.117. The molecule has 1 aliphatic heterocycles. The molecular formula is C12H12N6O2. The summed E-state index contributed by atoms with van der Waals surface area (Å²) in [5, 5.41) is 13.5. The van der Waals surface area contributed by atoms with Crippen molar-refractivity contribution >= 4 is 17.6 Å². The van der Waals surface area contributed by atoms with Gasteiger partial charge in [-0.05, 0) is 42.0 Å². The van der Waals surface area contributed by atoms with Gasteiger partial charge in [0.25, 0.3) is 5.91 Å². The van der Waals surface area contributed by atoms with E-state index in [1.807, 2.05) is 19.1 Å². The SMILES string of the molecule is Cc1ccc(-n2cnnn2)cc1N1C(=O)N[C@H](C)C1=O. The second-order valence-corrected chi connectivity index (χ2v) is 4.57. The zero-order valence-corrected chi connectivity index (χ0v) is 10.9. The van der Waals surface area contributed by atoms with E-state index in [2.05, 4.69) is 20.8 Å². The van der Waals surface area contributed by atoms with Gasteiger partial charge in [-0.1, -0.05) is 6.07 Å². The summed E-state index contributed by atoms with van der Waals surface area (Å²) in [5.74, 6) is -0.271. The van der Waals surface area contributed by atoms with Crippen molar-refractivity contribution in [3.63, 3.8) is 0 Å². The number of tetrazole rings is 1. The van der Waals surface area contributed by atoms with Gasteiger partial charge >= 0.3 is 6.03 Å². The third-order valence-electron chi connectivity index (χ3n) is 3.18. The summed E-state index contributed by atoms with van der Waals surface area (Å²) in [6.45, 7) is 3.49. The monoisotopic (exact) mass is 272 g/mol. The minimum Gasteiger partial charge on any atom is -0.326 e. The van der Waals surface area contributed by atoms with Crippen molar-refractivity contribution in [2.45, 2.75) is 19.9 Å². The summed E-state index contributed by atoms with van der Waals surface area (Å²) in [5.41, 5.74) is 2.03. The molecule has 0 bridgehead atoms. The van der Waals surface area contributed by atoms with Crippen LogP contribution in [0.25, 0.3) is 5.69 Å². The highest BCUT2D eigenvalue weighted by molar-refractivity contribution is 6.21. The maximum atomic E-state index is 12.1. The predicted molar refractivity (Wildman–Crippen MR) is 69.4 cm³/mol. The van der Waals surface area contributed by atoms with Crippen LogP contribution in [0.2, 0.25) is 0 Å². The first-order chi connectivity index (χ1) is 9.58. The number of nitrogens with one attached hydrogen (secondary N) is 1. The number of amides is 3. The standard InChI is InChI=1S/C12H12N6O2/c1-7-3-4-9(17-6-13-15-16-17)5-10(7)18-11(19)8(2)14-12(18)20/h3-6,8H,1-2H3,(H,14,20)/t8-/m1/s1. The van der Waals surface area contributed by atoms with E-state index in [1.54, 1.807) is 13.0 Å². The number of carbonyl (C=O) groups excluding carboxylic acids is 2. The molecule has 0 unspecified atom stereocenters.